The fourth-order valence-corrected chi connectivity index (χ4v) is 1.97. The molecule has 1 aromatic rings. The van der Waals surface area contributed by atoms with Gasteiger partial charge in [-0.05, 0) is 7.05 Å². The molecule has 19 heavy (non-hydrogen) atoms. The zero-order valence-corrected chi connectivity index (χ0v) is 10.4. The summed E-state index contributed by atoms with van der Waals surface area (Å²) in [6, 6.07) is 0. The minimum Gasteiger partial charge on any atom is -0.333 e. The number of nitrogens with zero attached hydrogens (tertiary/aromatic N) is 4. The van der Waals surface area contributed by atoms with Crippen molar-refractivity contribution in [3.05, 3.63) is 11.6 Å². The van der Waals surface area contributed by atoms with Crippen LogP contribution < -0.4 is 5.32 Å². The van der Waals surface area contributed by atoms with Crippen molar-refractivity contribution < 1.29 is 18.0 Å². The molecular formula is C10H14F3N5O. The van der Waals surface area contributed by atoms with E-state index in [0.29, 0.717) is 13.0 Å². The summed E-state index contributed by atoms with van der Waals surface area (Å²) in [5.41, 5.74) is 0. The summed E-state index contributed by atoms with van der Waals surface area (Å²) in [6.45, 7) is 0.931. The Bertz CT molecular complexity index is 470. The number of hydrogen-bond donors (Lipinski definition) is 1. The monoisotopic (exact) mass is 277 g/mol. The van der Waals surface area contributed by atoms with Crippen LogP contribution in [0.2, 0.25) is 0 Å². The molecule has 0 fully saturated rings. The Labute approximate surface area is 107 Å². The Hall–Kier alpha value is -1.64. The smallest absolute Gasteiger partial charge is 0.333 e. The molecule has 0 atom stereocenters. The number of aromatic nitrogens is 3. The van der Waals surface area contributed by atoms with E-state index in [1.807, 2.05) is 0 Å². The third-order valence-corrected chi connectivity index (χ3v) is 2.95. The molecular weight excluding hydrogens is 263 g/mol. The Balaban J connectivity index is 2.09. The van der Waals surface area contributed by atoms with Crippen molar-refractivity contribution in [3.63, 3.8) is 0 Å². The number of carbonyl (C=O) groups excluding carboxylic acids is 1. The van der Waals surface area contributed by atoms with Gasteiger partial charge >= 0.3 is 6.18 Å². The highest BCUT2D eigenvalue weighted by molar-refractivity contribution is 5.76. The largest absolute Gasteiger partial charge is 0.451 e. The molecule has 0 unspecified atom stereocenters. The minimum absolute atomic E-state index is 0.0719. The number of nitrogens with one attached hydrogen (secondary N) is 1. The molecule has 0 saturated carbocycles. The molecule has 1 amide bonds. The van der Waals surface area contributed by atoms with Gasteiger partial charge in [-0.15, -0.1) is 10.2 Å². The Morgan fingerprint density at radius 1 is 1.37 bits per heavy atom. The molecule has 2 heterocycles. The van der Waals surface area contributed by atoms with Crippen LogP contribution in [0.1, 0.15) is 18.1 Å². The van der Waals surface area contributed by atoms with Crippen LogP contribution in [-0.4, -0.2) is 45.7 Å². The Morgan fingerprint density at radius 2 is 2.11 bits per heavy atom. The van der Waals surface area contributed by atoms with Gasteiger partial charge in [-0.1, -0.05) is 0 Å². The SMILES string of the molecule is CNCCC(=O)N1CCn2c(nnc2C(F)(F)F)C1. The number of fused-ring (bicyclic) bond motifs is 1. The molecule has 9 heteroatoms. The maximum atomic E-state index is 12.6. The maximum absolute atomic E-state index is 12.6. The van der Waals surface area contributed by atoms with Gasteiger partial charge in [0, 0.05) is 26.1 Å². The highest BCUT2D eigenvalue weighted by Gasteiger charge is 2.39. The highest BCUT2D eigenvalue weighted by Crippen LogP contribution is 2.29. The lowest BCUT2D eigenvalue weighted by Gasteiger charge is -2.28. The quantitative estimate of drug-likeness (QED) is 0.860. The molecule has 106 valence electrons. The van der Waals surface area contributed by atoms with E-state index in [9.17, 15) is 18.0 Å². The summed E-state index contributed by atoms with van der Waals surface area (Å²) in [7, 11) is 1.73. The van der Waals surface area contributed by atoms with Crippen LogP contribution in [0, 0.1) is 0 Å². The predicted molar refractivity (Wildman–Crippen MR) is 59.0 cm³/mol. The maximum Gasteiger partial charge on any atom is 0.451 e. The summed E-state index contributed by atoms with van der Waals surface area (Å²) in [5.74, 6) is -0.918. The molecule has 0 aliphatic carbocycles. The van der Waals surface area contributed by atoms with Crippen LogP contribution in [-0.2, 0) is 24.1 Å². The van der Waals surface area contributed by atoms with E-state index < -0.39 is 12.0 Å². The summed E-state index contributed by atoms with van der Waals surface area (Å²) >= 11 is 0. The van der Waals surface area contributed by atoms with Gasteiger partial charge in [0.05, 0.1) is 6.54 Å². The Morgan fingerprint density at radius 3 is 2.74 bits per heavy atom. The molecule has 1 aromatic heterocycles. The van der Waals surface area contributed by atoms with Crippen LogP contribution in [0.3, 0.4) is 0 Å². The number of halogens is 3. The topological polar surface area (TPSA) is 63.1 Å². The minimum atomic E-state index is -4.51. The number of hydrogen-bond acceptors (Lipinski definition) is 4. The van der Waals surface area contributed by atoms with Crippen molar-refractivity contribution in [2.75, 3.05) is 20.1 Å². The van der Waals surface area contributed by atoms with Crippen LogP contribution in [0.4, 0.5) is 13.2 Å². The first-order chi connectivity index (χ1) is 8.93. The zero-order valence-electron chi connectivity index (χ0n) is 10.4. The van der Waals surface area contributed by atoms with E-state index in [4.69, 9.17) is 0 Å². The fourth-order valence-electron chi connectivity index (χ4n) is 1.97. The van der Waals surface area contributed by atoms with Crippen LogP contribution in [0.5, 0.6) is 0 Å². The van der Waals surface area contributed by atoms with Crippen LogP contribution >= 0.6 is 0 Å². The van der Waals surface area contributed by atoms with Gasteiger partial charge in [0.2, 0.25) is 11.7 Å². The van der Waals surface area contributed by atoms with Crippen molar-refractivity contribution >= 4 is 5.91 Å². The lowest BCUT2D eigenvalue weighted by atomic mass is 10.3. The summed E-state index contributed by atoms with van der Waals surface area (Å²) in [4.78, 5) is 13.3. The Kier molecular flexibility index (Phi) is 3.74. The molecule has 0 spiro atoms. The van der Waals surface area contributed by atoms with E-state index in [1.54, 1.807) is 7.05 Å². The molecule has 0 bridgehead atoms. The third kappa shape index (κ3) is 2.86. The molecule has 0 radical (unpaired) electrons. The van der Waals surface area contributed by atoms with E-state index in [0.717, 1.165) is 4.57 Å². The second-order valence-corrected chi connectivity index (χ2v) is 4.26. The van der Waals surface area contributed by atoms with Crippen molar-refractivity contribution in [1.29, 1.82) is 0 Å². The van der Waals surface area contributed by atoms with Crippen molar-refractivity contribution in [2.45, 2.75) is 25.7 Å². The van der Waals surface area contributed by atoms with Gasteiger partial charge in [0.1, 0.15) is 0 Å². The molecule has 1 aliphatic rings. The second-order valence-electron chi connectivity index (χ2n) is 4.26. The predicted octanol–water partition coefficient (Wildman–Crippen LogP) is 0.249. The molecule has 6 nitrogen and oxygen atoms in total. The molecule has 1 N–H and O–H groups in total. The second kappa shape index (κ2) is 5.16. The standard InChI is InChI=1S/C10H14F3N5O/c1-14-3-2-8(19)17-4-5-18-7(6-17)15-16-9(18)10(11,12)13/h14H,2-6H2,1H3. The molecule has 1 aliphatic heterocycles. The number of carbonyl (C=O) groups is 1. The fraction of sp³-hybridized carbons (Fsp3) is 0.700. The van der Waals surface area contributed by atoms with Crippen molar-refractivity contribution in [1.82, 2.24) is 25.0 Å². The van der Waals surface area contributed by atoms with Crippen molar-refractivity contribution in [2.24, 2.45) is 0 Å². The lowest BCUT2D eigenvalue weighted by molar-refractivity contribution is -0.148. The first kappa shape index (κ1) is 13.8. The summed E-state index contributed by atoms with van der Waals surface area (Å²) in [6.07, 6.45) is -4.19. The zero-order chi connectivity index (χ0) is 14.0. The first-order valence-electron chi connectivity index (χ1n) is 5.85. The van der Waals surface area contributed by atoms with Crippen molar-refractivity contribution in [3.8, 4) is 0 Å². The van der Waals surface area contributed by atoms with Crippen LogP contribution in [0.15, 0.2) is 0 Å². The average Bonchev–Trinajstić information content (AvgIpc) is 2.78. The lowest BCUT2D eigenvalue weighted by Crippen LogP contribution is -2.40. The molecule has 0 aromatic carbocycles. The van der Waals surface area contributed by atoms with Gasteiger partial charge in [-0.3, -0.25) is 4.79 Å². The number of alkyl halides is 3. The first-order valence-corrected chi connectivity index (χ1v) is 5.85. The van der Waals surface area contributed by atoms with E-state index in [2.05, 4.69) is 15.5 Å². The van der Waals surface area contributed by atoms with E-state index in [-0.39, 0.29) is 31.4 Å². The van der Waals surface area contributed by atoms with Gasteiger partial charge in [0.15, 0.2) is 5.82 Å². The van der Waals surface area contributed by atoms with Gasteiger partial charge < -0.3 is 14.8 Å². The molecule has 0 saturated heterocycles. The summed E-state index contributed by atoms with van der Waals surface area (Å²) < 4.78 is 38.9. The van der Waals surface area contributed by atoms with Gasteiger partial charge in [-0.25, -0.2) is 0 Å². The third-order valence-electron chi connectivity index (χ3n) is 2.95. The highest BCUT2D eigenvalue weighted by atomic mass is 19.4. The molecule has 2 rings (SSSR count). The van der Waals surface area contributed by atoms with Gasteiger partial charge in [0.25, 0.3) is 0 Å². The number of rotatable bonds is 3. The normalized spacial score (nSPS) is 15.5. The van der Waals surface area contributed by atoms with Crippen LogP contribution in [0.25, 0.3) is 0 Å². The average molecular weight is 277 g/mol. The van der Waals surface area contributed by atoms with Gasteiger partial charge in [-0.2, -0.15) is 13.2 Å². The van der Waals surface area contributed by atoms with E-state index >= 15 is 0 Å². The van der Waals surface area contributed by atoms with E-state index in [1.165, 1.54) is 4.90 Å². The summed E-state index contributed by atoms with van der Waals surface area (Å²) in [5, 5.41) is 9.53. The number of amides is 1.